The van der Waals surface area contributed by atoms with Gasteiger partial charge in [-0.1, -0.05) is 6.92 Å². The molecule has 0 spiro atoms. The van der Waals surface area contributed by atoms with Gasteiger partial charge in [-0.05, 0) is 50.0 Å². The molecule has 2 atom stereocenters. The number of rotatable bonds is 3. The van der Waals surface area contributed by atoms with Gasteiger partial charge in [-0.2, -0.15) is 5.10 Å². The maximum Gasteiger partial charge on any atom is 0.272 e. The summed E-state index contributed by atoms with van der Waals surface area (Å²) in [5.74, 6) is 1.41. The van der Waals surface area contributed by atoms with E-state index in [4.69, 9.17) is 0 Å². The molecule has 2 aliphatic rings. The summed E-state index contributed by atoms with van der Waals surface area (Å²) in [6, 6.07) is 1.96. The Morgan fingerprint density at radius 2 is 2.44 bits per heavy atom. The lowest BCUT2D eigenvalue weighted by atomic mass is 9.99. The van der Waals surface area contributed by atoms with E-state index in [9.17, 15) is 4.79 Å². The summed E-state index contributed by atoms with van der Waals surface area (Å²) >= 11 is 1.64. The van der Waals surface area contributed by atoms with E-state index < -0.39 is 0 Å². The van der Waals surface area contributed by atoms with Gasteiger partial charge in [-0.3, -0.25) is 4.79 Å². The van der Waals surface area contributed by atoms with E-state index >= 15 is 0 Å². The number of thiophene rings is 1. The Balaban J connectivity index is 1.63. The lowest BCUT2D eigenvalue weighted by molar-refractivity contribution is 0.0955. The smallest absolute Gasteiger partial charge is 0.267 e. The Labute approximate surface area is 111 Å². The van der Waals surface area contributed by atoms with Gasteiger partial charge in [0.1, 0.15) is 0 Å². The molecule has 0 aliphatic heterocycles. The molecule has 1 aromatic rings. The maximum absolute atomic E-state index is 11.9. The van der Waals surface area contributed by atoms with Crippen LogP contribution in [0.2, 0.25) is 0 Å². The summed E-state index contributed by atoms with van der Waals surface area (Å²) in [5, 5.41) is 6.25. The molecule has 1 heterocycles. The van der Waals surface area contributed by atoms with Crippen molar-refractivity contribution < 1.29 is 4.79 Å². The van der Waals surface area contributed by atoms with E-state index in [1.54, 1.807) is 11.3 Å². The van der Waals surface area contributed by atoms with Crippen molar-refractivity contribution in [1.29, 1.82) is 0 Å². The van der Waals surface area contributed by atoms with Crippen molar-refractivity contribution >= 4 is 23.0 Å². The van der Waals surface area contributed by atoms with E-state index in [-0.39, 0.29) is 5.91 Å². The maximum atomic E-state index is 11.9. The topological polar surface area (TPSA) is 41.5 Å². The second-order valence-corrected chi connectivity index (χ2v) is 6.28. The van der Waals surface area contributed by atoms with E-state index in [1.165, 1.54) is 29.9 Å². The standard InChI is InChI=1S/C14H18N2OS/c1-2-12-7-11(8-18-12)14(17)16-15-13-6-9-3-4-10(13)5-9/h7-10H,2-6H2,1H3,(H,16,17)/b15-13+/t9-,10+/m1/s1. The van der Waals surface area contributed by atoms with Crippen LogP contribution >= 0.6 is 11.3 Å². The van der Waals surface area contributed by atoms with Gasteiger partial charge in [-0.15, -0.1) is 11.3 Å². The zero-order chi connectivity index (χ0) is 12.5. The lowest BCUT2D eigenvalue weighted by Crippen LogP contribution is -2.21. The molecule has 2 bridgehead atoms. The van der Waals surface area contributed by atoms with Crippen molar-refractivity contribution in [2.24, 2.45) is 16.9 Å². The van der Waals surface area contributed by atoms with Crippen LogP contribution in [0.1, 0.15) is 47.8 Å². The first-order valence-electron chi connectivity index (χ1n) is 6.70. The van der Waals surface area contributed by atoms with Crippen LogP contribution < -0.4 is 5.43 Å². The molecule has 0 radical (unpaired) electrons. The molecule has 3 rings (SSSR count). The third kappa shape index (κ3) is 2.21. The van der Waals surface area contributed by atoms with Crippen LogP contribution in [0.4, 0.5) is 0 Å². The minimum atomic E-state index is -0.0683. The summed E-state index contributed by atoms with van der Waals surface area (Å²) in [6.45, 7) is 2.10. The number of carbonyl (C=O) groups excluding carboxylic acids is 1. The van der Waals surface area contributed by atoms with Gasteiger partial charge in [0.25, 0.3) is 5.91 Å². The number of nitrogens with zero attached hydrogens (tertiary/aromatic N) is 1. The third-order valence-electron chi connectivity index (χ3n) is 4.08. The van der Waals surface area contributed by atoms with Gasteiger partial charge in [0.2, 0.25) is 0 Å². The molecule has 0 unspecified atom stereocenters. The van der Waals surface area contributed by atoms with Crippen LogP contribution in [0.25, 0.3) is 0 Å². The van der Waals surface area contributed by atoms with Crippen LogP contribution in [0.3, 0.4) is 0 Å². The molecule has 1 aromatic heterocycles. The highest BCUT2D eigenvalue weighted by Crippen LogP contribution is 2.42. The van der Waals surface area contributed by atoms with Gasteiger partial charge in [0, 0.05) is 16.0 Å². The summed E-state index contributed by atoms with van der Waals surface area (Å²) in [7, 11) is 0. The zero-order valence-corrected chi connectivity index (χ0v) is 11.4. The predicted octanol–water partition coefficient (Wildman–Crippen LogP) is 3.22. The molecule has 96 valence electrons. The highest BCUT2D eigenvalue weighted by molar-refractivity contribution is 7.10. The Hall–Kier alpha value is -1.16. The molecule has 2 aliphatic carbocycles. The second kappa shape index (κ2) is 4.84. The van der Waals surface area contributed by atoms with Crippen LogP contribution in [-0.2, 0) is 6.42 Å². The number of hydrogen-bond acceptors (Lipinski definition) is 3. The molecule has 4 heteroatoms. The lowest BCUT2D eigenvalue weighted by Gasteiger charge is -2.11. The number of hydrazone groups is 1. The Morgan fingerprint density at radius 3 is 3.06 bits per heavy atom. The van der Waals surface area contributed by atoms with E-state index in [2.05, 4.69) is 17.5 Å². The van der Waals surface area contributed by atoms with Crippen molar-refractivity contribution in [1.82, 2.24) is 5.43 Å². The zero-order valence-electron chi connectivity index (χ0n) is 10.6. The molecule has 2 saturated carbocycles. The van der Waals surface area contributed by atoms with Crippen LogP contribution in [-0.4, -0.2) is 11.6 Å². The average Bonchev–Trinajstić information content (AvgIpc) is 3.10. The third-order valence-corrected chi connectivity index (χ3v) is 5.16. The van der Waals surface area contributed by atoms with E-state index in [0.717, 1.165) is 24.3 Å². The first kappa shape index (κ1) is 11.9. The molecule has 18 heavy (non-hydrogen) atoms. The quantitative estimate of drug-likeness (QED) is 0.835. The molecular formula is C14H18N2OS. The second-order valence-electron chi connectivity index (χ2n) is 5.28. The van der Waals surface area contributed by atoms with Crippen molar-refractivity contribution in [2.45, 2.75) is 39.0 Å². The molecule has 1 amide bonds. The number of nitrogens with one attached hydrogen (secondary N) is 1. The number of carbonyl (C=O) groups is 1. The Morgan fingerprint density at radius 1 is 1.56 bits per heavy atom. The van der Waals surface area contributed by atoms with Gasteiger partial charge in [0.15, 0.2) is 0 Å². The van der Waals surface area contributed by atoms with Gasteiger partial charge in [-0.25, -0.2) is 5.43 Å². The normalized spacial score (nSPS) is 27.9. The Kier molecular flexibility index (Phi) is 3.20. The number of aryl methyl sites for hydroxylation is 1. The molecule has 3 nitrogen and oxygen atoms in total. The van der Waals surface area contributed by atoms with E-state index in [1.807, 2.05) is 11.4 Å². The first-order valence-corrected chi connectivity index (χ1v) is 7.58. The van der Waals surface area contributed by atoms with Crippen LogP contribution in [0.5, 0.6) is 0 Å². The molecule has 1 N–H and O–H groups in total. The largest absolute Gasteiger partial charge is 0.272 e. The van der Waals surface area contributed by atoms with Crippen molar-refractivity contribution in [2.75, 3.05) is 0 Å². The fourth-order valence-electron chi connectivity index (χ4n) is 3.03. The minimum absolute atomic E-state index is 0.0683. The predicted molar refractivity (Wildman–Crippen MR) is 74.0 cm³/mol. The van der Waals surface area contributed by atoms with Gasteiger partial charge < -0.3 is 0 Å². The first-order chi connectivity index (χ1) is 8.76. The highest BCUT2D eigenvalue weighted by atomic mass is 32.1. The average molecular weight is 262 g/mol. The van der Waals surface area contributed by atoms with E-state index in [0.29, 0.717) is 5.92 Å². The number of fused-ring (bicyclic) bond motifs is 2. The van der Waals surface area contributed by atoms with Crippen LogP contribution in [0, 0.1) is 11.8 Å². The fourth-order valence-corrected chi connectivity index (χ4v) is 3.85. The van der Waals surface area contributed by atoms with Gasteiger partial charge in [0.05, 0.1) is 5.56 Å². The summed E-state index contributed by atoms with van der Waals surface area (Å²) in [5.41, 5.74) is 4.67. The number of hydrogen-bond donors (Lipinski definition) is 1. The monoisotopic (exact) mass is 262 g/mol. The van der Waals surface area contributed by atoms with Crippen molar-refractivity contribution in [3.63, 3.8) is 0 Å². The van der Waals surface area contributed by atoms with Crippen molar-refractivity contribution in [3.8, 4) is 0 Å². The molecule has 0 aromatic carbocycles. The summed E-state index contributed by atoms with van der Waals surface area (Å²) in [4.78, 5) is 13.2. The van der Waals surface area contributed by atoms with Gasteiger partial charge >= 0.3 is 0 Å². The highest BCUT2D eigenvalue weighted by Gasteiger charge is 2.36. The SMILES string of the molecule is CCc1cc(C(=O)N/N=C2\C[C@@H]3CC[C@H]2C3)cs1. The summed E-state index contributed by atoms with van der Waals surface area (Å²) < 4.78 is 0. The fraction of sp³-hybridized carbons (Fsp3) is 0.571. The molecule has 2 fully saturated rings. The van der Waals surface area contributed by atoms with Crippen molar-refractivity contribution in [3.05, 3.63) is 21.9 Å². The Bertz CT molecular complexity index is 492. The minimum Gasteiger partial charge on any atom is -0.267 e. The molecule has 0 saturated heterocycles. The molecular weight excluding hydrogens is 244 g/mol. The number of amides is 1. The van der Waals surface area contributed by atoms with Crippen LogP contribution in [0.15, 0.2) is 16.5 Å². The summed E-state index contributed by atoms with van der Waals surface area (Å²) in [6.07, 6.45) is 5.97.